The van der Waals surface area contributed by atoms with Crippen LogP contribution in [0.2, 0.25) is 0 Å². The minimum absolute atomic E-state index is 0.00107. The van der Waals surface area contributed by atoms with Crippen molar-refractivity contribution in [3.05, 3.63) is 29.8 Å². The molecule has 37 heavy (non-hydrogen) atoms. The van der Waals surface area contributed by atoms with Crippen LogP contribution in [0.5, 0.6) is 5.75 Å². The van der Waals surface area contributed by atoms with Crippen molar-refractivity contribution in [2.75, 3.05) is 13.1 Å². The van der Waals surface area contributed by atoms with Gasteiger partial charge in [0, 0.05) is 19.5 Å². The fraction of sp³-hybridized carbons (Fsp3) is 0.577. The highest BCUT2D eigenvalue weighted by Crippen LogP contribution is 2.16. The molecule has 0 aliphatic heterocycles. The smallest absolute Gasteiger partial charge is 0.372 e. The Morgan fingerprint density at radius 1 is 0.811 bits per heavy atom. The summed E-state index contributed by atoms with van der Waals surface area (Å²) >= 11 is 0. The van der Waals surface area contributed by atoms with Gasteiger partial charge in [-0.1, -0.05) is 64.0 Å². The summed E-state index contributed by atoms with van der Waals surface area (Å²) in [5.41, 5.74) is 0.666. The quantitative estimate of drug-likeness (QED) is 0.0914. The molecule has 0 aromatic heterocycles. The van der Waals surface area contributed by atoms with Crippen molar-refractivity contribution in [2.45, 2.75) is 83.3 Å². The highest BCUT2D eigenvalue weighted by atomic mass is 16.5. The highest BCUT2D eigenvalue weighted by Gasteiger charge is 2.28. The predicted octanol–water partition coefficient (Wildman–Crippen LogP) is 2.40. The molecular weight excluding hydrogens is 484 g/mol. The van der Waals surface area contributed by atoms with Crippen molar-refractivity contribution >= 4 is 29.6 Å². The summed E-state index contributed by atoms with van der Waals surface area (Å²) in [7, 11) is 0. The van der Waals surface area contributed by atoms with E-state index in [1.165, 1.54) is 44.2 Å². The molecule has 11 nitrogen and oxygen atoms in total. The number of Topliss-reactive ketones (excluding diaryl/α,β-unsaturated/α-hetero) is 1. The van der Waals surface area contributed by atoms with Gasteiger partial charge in [0.2, 0.25) is 11.7 Å². The van der Waals surface area contributed by atoms with E-state index >= 15 is 0 Å². The van der Waals surface area contributed by atoms with Gasteiger partial charge in [-0.15, -0.1) is 0 Å². The fourth-order valence-electron chi connectivity index (χ4n) is 3.60. The van der Waals surface area contributed by atoms with Gasteiger partial charge in [-0.3, -0.25) is 9.59 Å². The first kappa shape index (κ1) is 31.6. The summed E-state index contributed by atoms with van der Waals surface area (Å²) in [5, 5.41) is 32.4. The second-order valence-corrected chi connectivity index (χ2v) is 8.77. The number of hydrogen-bond acceptors (Lipinski definition) is 7. The van der Waals surface area contributed by atoms with Gasteiger partial charge in [0.25, 0.3) is 6.10 Å². The molecule has 1 rings (SSSR count). The highest BCUT2D eigenvalue weighted by molar-refractivity contribution is 6.32. The molecule has 206 valence electrons. The van der Waals surface area contributed by atoms with E-state index in [0.29, 0.717) is 12.1 Å². The summed E-state index contributed by atoms with van der Waals surface area (Å²) in [6.45, 7) is 2.68. The lowest BCUT2D eigenvalue weighted by Gasteiger charge is -2.19. The van der Waals surface area contributed by atoms with Gasteiger partial charge in [-0.25, -0.2) is 14.4 Å². The van der Waals surface area contributed by atoms with E-state index in [2.05, 4.69) is 17.6 Å². The van der Waals surface area contributed by atoms with E-state index in [1.54, 1.807) is 12.1 Å². The number of carboxylic acid groups (broad SMARTS) is 3. The number of amides is 1. The maximum absolute atomic E-state index is 12.8. The van der Waals surface area contributed by atoms with Gasteiger partial charge in [-0.2, -0.15) is 0 Å². The largest absolute Gasteiger partial charge is 0.478 e. The van der Waals surface area contributed by atoms with Gasteiger partial charge in [-0.05, 0) is 30.5 Å². The van der Waals surface area contributed by atoms with Crippen molar-refractivity contribution in [3.63, 3.8) is 0 Å². The first-order valence-electron chi connectivity index (χ1n) is 12.6. The van der Waals surface area contributed by atoms with Gasteiger partial charge >= 0.3 is 17.9 Å². The van der Waals surface area contributed by atoms with E-state index in [1.807, 2.05) is 0 Å². The van der Waals surface area contributed by atoms with Crippen LogP contribution in [0, 0.1) is 0 Å². The molecule has 0 radical (unpaired) electrons. The minimum Gasteiger partial charge on any atom is -0.478 e. The van der Waals surface area contributed by atoms with Crippen LogP contribution in [0.4, 0.5) is 0 Å². The lowest BCUT2D eigenvalue weighted by molar-refractivity contribution is -0.159. The molecule has 0 heterocycles. The molecule has 0 saturated heterocycles. The third-order valence-electron chi connectivity index (χ3n) is 5.69. The Bertz CT molecular complexity index is 873. The van der Waals surface area contributed by atoms with Crippen molar-refractivity contribution in [1.29, 1.82) is 0 Å². The number of ketones is 1. The van der Waals surface area contributed by atoms with Crippen molar-refractivity contribution in [2.24, 2.45) is 0 Å². The lowest BCUT2D eigenvalue weighted by Crippen LogP contribution is -2.46. The van der Waals surface area contributed by atoms with Crippen molar-refractivity contribution in [1.82, 2.24) is 10.6 Å². The van der Waals surface area contributed by atoms with Crippen LogP contribution >= 0.6 is 0 Å². The van der Waals surface area contributed by atoms with E-state index in [-0.39, 0.29) is 31.0 Å². The SMILES string of the molecule is CCCCCCCCCCNC(=O)C(Cc1ccc(OC(C(=O)O)C(=O)O)cc1)NCCC(=O)C(=O)O. The van der Waals surface area contributed by atoms with Gasteiger partial charge in [0.05, 0.1) is 6.04 Å². The van der Waals surface area contributed by atoms with Crippen LogP contribution in [-0.2, 0) is 30.4 Å². The predicted molar refractivity (Wildman–Crippen MR) is 135 cm³/mol. The molecule has 0 spiro atoms. The Labute approximate surface area is 216 Å². The number of rotatable bonds is 21. The topological polar surface area (TPSA) is 179 Å². The zero-order chi connectivity index (χ0) is 27.6. The monoisotopic (exact) mass is 522 g/mol. The summed E-state index contributed by atoms with van der Waals surface area (Å²) in [6.07, 6.45) is 6.94. The molecule has 1 amide bonds. The average molecular weight is 523 g/mol. The molecule has 5 N–H and O–H groups in total. The number of unbranched alkanes of at least 4 members (excludes halogenated alkanes) is 7. The van der Waals surface area contributed by atoms with Gasteiger partial charge in [0.15, 0.2) is 0 Å². The number of benzene rings is 1. The normalized spacial score (nSPS) is 11.6. The maximum atomic E-state index is 12.8. The van der Waals surface area contributed by atoms with E-state index in [9.17, 15) is 24.0 Å². The van der Waals surface area contributed by atoms with E-state index in [4.69, 9.17) is 20.1 Å². The van der Waals surface area contributed by atoms with Crippen LogP contribution in [-0.4, -0.2) is 70.2 Å². The van der Waals surface area contributed by atoms with Crippen LogP contribution in [0.3, 0.4) is 0 Å². The van der Waals surface area contributed by atoms with Gasteiger partial charge in [0.1, 0.15) is 5.75 Å². The van der Waals surface area contributed by atoms with E-state index in [0.717, 1.165) is 19.3 Å². The molecule has 11 heteroatoms. The summed E-state index contributed by atoms with van der Waals surface area (Å²) in [4.78, 5) is 56.9. The van der Waals surface area contributed by atoms with Crippen molar-refractivity contribution in [3.8, 4) is 5.75 Å². The molecule has 1 aromatic rings. The first-order chi connectivity index (χ1) is 17.6. The number of carboxylic acids is 3. The Morgan fingerprint density at radius 3 is 1.92 bits per heavy atom. The third kappa shape index (κ3) is 13.4. The molecule has 0 aliphatic rings. The summed E-state index contributed by atoms with van der Waals surface area (Å²) in [5.74, 6) is -6.01. The zero-order valence-corrected chi connectivity index (χ0v) is 21.2. The molecule has 1 atom stereocenters. The van der Waals surface area contributed by atoms with Crippen LogP contribution in [0.25, 0.3) is 0 Å². The average Bonchev–Trinajstić information content (AvgIpc) is 2.85. The number of carbonyl (C=O) groups excluding carboxylic acids is 2. The first-order valence-corrected chi connectivity index (χ1v) is 12.6. The third-order valence-corrected chi connectivity index (χ3v) is 5.69. The summed E-state index contributed by atoms with van der Waals surface area (Å²) in [6, 6.07) is 5.20. The second-order valence-electron chi connectivity index (χ2n) is 8.77. The summed E-state index contributed by atoms with van der Waals surface area (Å²) < 4.78 is 4.98. The fourth-order valence-corrected chi connectivity index (χ4v) is 3.60. The Morgan fingerprint density at radius 2 is 1.38 bits per heavy atom. The zero-order valence-electron chi connectivity index (χ0n) is 21.2. The van der Waals surface area contributed by atoms with Crippen LogP contribution in [0.1, 0.15) is 70.3 Å². The Kier molecular flexibility index (Phi) is 15.3. The number of nitrogens with one attached hydrogen (secondary N) is 2. The molecule has 0 aliphatic carbocycles. The van der Waals surface area contributed by atoms with Crippen LogP contribution in [0.15, 0.2) is 24.3 Å². The maximum Gasteiger partial charge on any atom is 0.372 e. The molecule has 1 unspecified atom stereocenters. The van der Waals surface area contributed by atoms with E-state index < -0.39 is 35.8 Å². The lowest BCUT2D eigenvalue weighted by atomic mass is 10.0. The molecule has 0 bridgehead atoms. The Balaban J connectivity index is 2.66. The molecular formula is C26H38N2O9. The molecule has 0 fully saturated rings. The molecule has 1 aromatic carbocycles. The molecule has 0 saturated carbocycles. The Hall–Kier alpha value is -3.47. The second kappa shape index (κ2) is 17.9. The standard InChI is InChI=1S/C26H38N2O9/c1-2-3-4-5-6-7-8-9-15-28-23(30)20(27-16-14-21(29)24(31)32)17-18-10-12-19(13-11-18)37-22(25(33)34)26(35)36/h10-13,20,22,27H,2-9,14-17H2,1H3,(H,28,30)(H,31,32)(H,33,34)(H,35,36). The van der Waals surface area contributed by atoms with Gasteiger partial charge < -0.3 is 30.7 Å². The number of hydrogen-bond donors (Lipinski definition) is 5. The minimum atomic E-state index is -2.05. The van der Waals surface area contributed by atoms with Crippen LogP contribution < -0.4 is 15.4 Å². The number of aliphatic carboxylic acids is 3. The number of carbonyl (C=O) groups is 5. The number of ether oxygens (including phenoxy) is 1. The van der Waals surface area contributed by atoms with Crippen molar-refractivity contribution < 1.29 is 44.0 Å².